The highest BCUT2D eigenvalue weighted by Crippen LogP contribution is 2.17. The van der Waals surface area contributed by atoms with Gasteiger partial charge in [-0.3, -0.25) is 4.79 Å². The summed E-state index contributed by atoms with van der Waals surface area (Å²) in [6.07, 6.45) is 7.76. The first-order chi connectivity index (χ1) is 17.9. The first kappa shape index (κ1) is 31.3. The quantitative estimate of drug-likeness (QED) is 0.330. The van der Waals surface area contributed by atoms with Crippen molar-refractivity contribution >= 4 is 22.0 Å². The minimum atomic E-state index is -3.84. The predicted octanol–water partition coefficient (Wildman–Crippen LogP) is 5.07. The summed E-state index contributed by atoms with van der Waals surface area (Å²) in [5.41, 5.74) is 0.591. The van der Waals surface area contributed by atoms with Crippen LogP contribution in [0.25, 0.3) is 0 Å². The van der Waals surface area contributed by atoms with Gasteiger partial charge in [-0.15, -0.1) is 0 Å². The molecule has 0 saturated carbocycles. The number of imidazole rings is 1. The summed E-state index contributed by atoms with van der Waals surface area (Å²) in [4.78, 5) is 32.6. The first-order valence-corrected chi connectivity index (χ1v) is 14.9. The maximum atomic E-state index is 13.7. The van der Waals surface area contributed by atoms with Gasteiger partial charge in [-0.05, 0) is 52.7 Å². The fourth-order valence-electron chi connectivity index (χ4n) is 3.93. The fraction of sp³-hybridized carbons (Fsp3) is 0.607. The largest absolute Gasteiger partial charge is 0.444 e. The molecule has 10 heteroatoms. The first-order valence-electron chi connectivity index (χ1n) is 13.5. The third-order valence-electron chi connectivity index (χ3n) is 5.99. The van der Waals surface area contributed by atoms with Gasteiger partial charge in [0.2, 0.25) is 5.91 Å². The van der Waals surface area contributed by atoms with Crippen LogP contribution in [0.1, 0.15) is 84.4 Å². The van der Waals surface area contributed by atoms with E-state index >= 15 is 0 Å². The molecule has 1 N–H and O–H groups in total. The van der Waals surface area contributed by atoms with Crippen molar-refractivity contribution < 1.29 is 22.7 Å². The molecule has 1 atom stereocenters. The van der Waals surface area contributed by atoms with Crippen molar-refractivity contribution in [1.29, 1.82) is 0 Å². The standard InChI is InChI=1S/C28H44N4O5S/c1-7-9-11-17-31(18-12-10-8-2)26(33)25(30-27(34)37-28(4,5)6)19-23-20-32(21-29-23)38(35,36)24-15-13-22(3)14-16-24/h13-16,20-21,25H,7-12,17-19H2,1-6H3,(H,30,34)/t25-/m1/s1. The number of nitrogens with zero attached hydrogens (tertiary/aromatic N) is 3. The van der Waals surface area contributed by atoms with Crippen LogP contribution in [-0.4, -0.2) is 59.0 Å². The molecule has 1 heterocycles. The number of ether oxygens (including phenoxy) is 1. The van der Waals surface area contributed by atoms with Crippen molar-refractivity contribution in [3.8, 4) is 0 Å². The highest BCUT2D eigenvalue weighted by Gasteiger charge is 2.29. The van der Waals surface area contributed by atoms with E-state index in [1.54, 1.807) is 49.9 Å². The summed E-state index contributed by atoms with van der Waals surface area (Å²) < 4.78 is 32.6. The lowest BCUT2D eigenvalue weighted by Crippen LogP contribution is -2.51. The molecule has 0 aliphatic heterocycles. The number of alkyl carbamates (subject to hydrolysis) is 1. The van der Waals surface area contributed by atoms with Gasteiger partial charge in [-0.1, -0.05) is 57.2 Å². The maximum absolute atomic E-state index is 13.7. The van der Waals surface area contributed by atoms with Gasteiger partial charge in [-0.2, -0.15) is 0 Å². The van der Waals surface area contributed by atoms with E-state index in [1.807, 2.05) is 6.92 Å². The summed E-state index contributed by atoms with van der Waals surface area (Å²) in [5, 5.41) is 2.72. The number of unbranched alkanes of at least 4 members (excludes halogenated alkanes) is 4. The van der Waals surface area contributed by atoms with Crippen molar-refractivity contribution in [2.24, 2.45) is 0 Å². The van der Waals surface area contributed by atoms with Gasteiger partial charge < -0.3 is 15.0 Å². The Hall–Kier alpha value is -2.88. The molecule has 38 heavy (non-hydrogen) atoms. The van der Waals surface area contributed by atoms with Crippen LogP contribution in [0.3, 0.4) is 0 Å². The monoisotopic (exact) mass is 548 g/mol. The lowest BCUT2D eigenvalue weighted by atomic mass is 10.1. The molecule has 0 aliphatic rings. The van der Waals surface area contributed by atoms with Crippen LogP contribution in [0, 0.1) is 6.92 Å². The number of carbonyl (C=O) groups excluding carboxylic acids is 2. The third-order valence-corrected chi connectivity index (χ3v) is 7.61. The Morgan fingerprint density at radius 3 is 2.13 bits per heavy atom. The van der Waals surface area contributed by atoms with E-state index in [1.165, 1.54) is 12.5 Å². The zero-order valence-corrected chi connectivity index (χ0v) is 24.5. The number of aryl methyl sites for hydroxylation is 1. The number of nitrogens with one attached hydrogen (secondary N) is 1. The zero-order chi connectivity index (χ0) is 28.3. The maximum Gasteiger partial charge on any atom is 0.408 e. The molecule has 1 aromatic carbocycles. The van der Waals surface area contributed by atoms with Gasteiger partial charge in [-0.25, -0.2) is 22.2 Å². The Kier molecular flexibility index (Phi) is 11.8. The second-order valence-corrected chi connectivity index (χ2v) is 12.5. The van der Waals surface area contributed by atoms with Crippen LogP contribution in [0.5, 0.6) is 0 Å². The zero-order valence-electron chi connectivity index (χ0n) is 23.7. The summed E-state index contributed by atoms with van der Waals surface area (Å²) in [5.74, 6) is -0.223. The van der Waals surface area contributed by atoms with Crippen LogP contribution < -0.4 is 5.32 Å². The summed E-state index contributed by atoms with van der Waals surface area (Å²) in [7, 11) is -3.84. The van der Waals surface area contributed by atoms with Crippen LogP contribution in [0.2, 0.25) is 0 Å². The van der Waals surface area contributed by atoms with Gasteiger partial charge in [0, 0.05) is 25.7 Å². The number of carbonyl (C=O) groups is 2. The number of hydrogen-bond acceptors (Lipinski definition) is 6. The Morgan fingerprint density at radius 2 is 1.61 bits per heavy atom. The molecule has 0 spiro atoms. The lowest BCUT2D eigenvalue weighted by molar-refractivity contribution is -0.133. The average Bonchev–Trinajstić information content (AvgIpc) is 3.31. The molecule has 9 nitrogen and oxygen atoms in total. The normalized spacial score (nSPS) is 12.7. The Bertz CT molecular complexity index is 1130. The Morgan fingerprint density at radius 1 is 1.03 bits per heavy atom. The minimum absolute atomic E-state index is 0.0343. The average molecular weight is 549 g/mol. The van der Waals surface area contributed by atoms with Gasteiger partial charge in [0.05, 0.1) is 10.6 Å². The smallest absolute Gasteiger partial charge is 0.408 e. The van der Waals surface area contributed by atoms with E-state index in [4.69, 9.17) is 4.74 Å². The van der Waals surface area contributed by atoms with Crippen molar-refractivity contribution in [1.82, 2.24) is 19.2 Å². The van der Waals surface area contributed by atoms with Crippen LogP contribution in [-0.2, 0) is 26.0 Å². The number of hydrogen-bond donors (Lipinski definition) is 1. The van der Waals surface area contributed by atoms with E-state index in [-0.39, 0.29) is 17.2 Å². The van der Waals surface area contributed by atoms with Crippen LogP contribution in [0.4, 0.5) is 4.79 Å². The SMILES string of the molecule is CCCCCN(CCCCC)C(=O)[C@@H](Cc1cn(S(=O)(=O)c2ccc(C)cc2)cn1)NC(=O)OC(C)(C)C. The second-order valence-electron chi connectivity index (χ2n) is 10.7. The molecule has 0 aliphatic carbocycles. The lowest BCUT2D eigenvalue weighted by Gasteiger charge is -2.29. The topological polar surface area (TPSA) is 111 Å². The van der Waals surface area contributed by atoms with E-state index < -0.39 is 27.8 Å². The van der Waals surface area contributed by atoms with Crippen molar-refractivity contribution in [3.63, 3.8) is 0 Å². The molecule has 0 unspecified atom stereocenters. The number of amides is 2. The van der Waals surface area contributed by atoms with E-state index in [0.29, 0.717) is 18.8 Å². The minimum Gasteiger partial charge on any atom is -0.444 e. The molecule has 212 valence electrons. The number of benzene rings is 1. The molecular formula is C28H44N4O5S. The molecule has 0 bridgehead atoms. The Labute approximate surface area is 228 Å². The highest BCUT2D eigenvalue weighted by atomic mass is 32.2. The molecule has 2 rings (SSSR count). The molecule has 2 aromatic rings. The number of rotatable bonds is 14. The number of aromatic nitrogens is 2. The summed E-state index contributed by atoms with van der Waals surface area (Å²) in [6.45, 7) is 12.6. The Balaban J connectivity index is 2.30. The highest BCUT2D eigenvalue weighted by molar-refractivity contribution is 7.90. The predicted molar refractivity (Wildman–Crippen MR) is 148 cm³/mol. The summed E-state index contributed by atoms with van der Waals surface area (Å²) in [6, 6.07) is 5.61. The van der Waals surface area contributed by atoms with Crippen molar-refractivity contribution in [3.05, 3.63) is 48.0 Å². The second kappa shape index (κ2) is 14.3. The molecule has 2 amide bonds. The molecule has 0 radical (unpaired) electrons. The molecule has 1 aromatic heterocycles. The summed E-state index contributed by atoms with van der Waals surface area (Å²) >= 11 is 0. The van der Waals surface area contributed by atoms with Crippen LogP contribution in [0.15, 0.2) is 41.7 Å². The van der Waals surface area contributed by atoms with Crippen molar-refractivity contribution in [2.75, 3.05) is 13.1 Å². The van der Waals surface area contributed by atoms with Crippen LogP contribution >= 0.6 is 0 Å². The van der Waals surface area contributed by atoms with Gasteiger partial charge in [0.25, 0.3) is 10.0 Å². The van der Waals surface area contributed by atoms with E-state index in [2.05, 4.69) is 24.1 Å². The van der Waals surface area contributed by atoms with Crippen molar-refractivity contribution in [2.45, 2.75) is 103 Å². The molecular weight excluding hydrogens is 504 g/mol. The van der Waals surface area contributed by atoms with Gasteiger partial charge >= 0.3 is 6.09 Å². The van der Waals surface area contributed by atoms with E-state index in [0.717, 1.165) is 48.1 Å². The van der Waals surface area contributed by atoms with Gasteiger partial charge in [0.1, 0.15) is 18.0 Å². The molecule has 0 fully saturated rings. The van der Waals surface area contributed by atoms with Gasteiger partial charge in [0.15, 0.2) is 0 Å². The third kappa shape index (κ3) is 9.78. The molecule has 0 saturated heterocycles. The fourth-order valence-corrected chi connectivity index (χ4v) is 5.09. The van der Waals surface area contributed by atoms with E-state index in [9.17, 15) is 18.0 Å².